The van der Waals surface area contributed by atoms with Gasteiger partial charge in [-0.15, -0.1) is 0 Å². The zero-order valence-electron chi connectivity index (χ0n) is 10.5. The summed E-state index contributed by atoms with van der Waals surface area (Å²) in [5, 5.41) is 11.1. The fourth-order valence-corrected chi connectivity index (χ4v) is 2.95. The van der Waals surface area contributed by atoms with Gasteiger partial charge in [0.2, 0.25) is 0 Å². The van der Waals surface area contributed by atoms with Gasteiger partial charge in [0.05, 0.1) is 18.4 Å². The molecule has 0 unspecified atom stereocenters. The minimum absolute atomic E-state index is 0.0120. The third kappa shape index (κ3) is 3.35. The Labute approximate surface area is 112 Å². The zero-order chi connectivity index (χ0) is 13.9. The summed E-state index contributed by atoms with van der Waals surface area (Å²) in [5.41, 5.74) is 0.503. The Morgan fingerprint density at radius 1 is 1.53 bits per heavy atom. The van der Waals surface area contributed by atoms with E-state index in [1.165, 1.54) is 17.7 Å². The molecule has 1 atom stereocenters. The van der Waals surface area contributed by atoms with Crippen molar-refractivity contribution in [1.82, 2.24) is 0 Å². The number of phenols is 1. The lowest BCUT2D eigenvalue weighted by atomic mass is 10.2. The van der Waals surface area contributed by atoms with E-state index in [-0.39, 0.29) is 17.5 Å². The molecule has 0 aliphatic carbocycles. The van der Waals surface area contributed by atoms with Crippen LogP contribution in [-0.4, -0.2) is 38.1 Å². The maximum Gasteiger partial charge on any atom is 0.173 e. The topological polar surface area (TPSA) is 76.0 Å². The van der Waals surface area contributed by atoms with Crippen LogP contribution in [0.1, 0.15) is 12.5 Å². The maximum absolute atomic E-state index is 11.2. The van der Waals surface area contributed by atoms with Crippen LogP contribution in [0.5, 0.6) is 11.5 Å². The van der Waals surface area contributed by atoms with Crippen LogP contribution in [0.15, 0.2) is 34.7 Å². The molecule has 1 aliphatic heterocycles. The molecule has 0 bridgehead atoms. The van der Waals surface area contributed by atoms with Crippen LogP contribution >= 0.6 is 0 Å². The number of phenolic OH excluding ortho intramolecular Hbond substituents is 1. The molecule has 1 aliphatic rings. The van der Waals surface area contributed by atoms with Crippen LogP contribution in [0.25, 0.3) is 0 Å². The SMILES string of the molecule is CCOc1cccc(C=N[C@@H]2C=CS(=O)(=O)C2)c1O. The predicted molar refractivity (Wildman–Crippen MR) is 73.6 cm³/mol. The highest BCUT2D eigenvalue weighted by Crippen LogP contribution is 2.28. The molecule has 0 fully saturated rings. The Morgan fingerprint density at radius 2 is 2.32 bits per heavy atom. The molecule has 2 rings (SSSR count). The average molecular weight is 281 g/mol. The Morgan fingerprint density at radius 3 is 2.95 bits per heavy atom. The van der Waals surface area contributed by atoms with E-state index >= 15 is 0 Å². The summed E-state index contributed by atoms with van der Waals surface area (Å²) in [4.78, 5) is 4.14. The van der Waals surface area contributed by atoms with Crippen molar-refractivity contribution in [1.29, 1.82) is 0 Å². The summed E-state index contributed by atoms with van der Waals surface area (Å²) in [6.07, 6.45) is 3.00. The van der Waals surface area contributed by atoms with E-state index in [1.807, 2.05) is 6.92 Å². The van der Waals surface area contributed by atoms with Crippen LogP contribution in [0.2, 0.25) is 0 Å². The summed E-state index contributed by atoms with van der Waals surface area (Å²) in [7, 11) is -3.11. The fraction of sp³-hybridized carbons (Fsp3) is 0.308. The zero-order valence-corrected chi connectivity index (χ0v) is 11.3. The number of hydrogen-bond donors (Lipinski definition) is 1. The van der Waals surface area contributed by atoms with E-state index in [1.54, 1.807) is 18.2 Å². The Balaban J connectivity index is 2.16. The average Bonchev–Trinajstić information content (AvgIpc) is 2.70. The van der Waals surface area contributed by atoms with Gasteiger partial charge in [-0.1, -0.05) is 6.07 Å². The fourth-order valence-electron chi connectivity index (χ4n) is 1.74. The molecule has 0 spiro atoms. The van der Waals surface area contributed by atoms with Gasteiger partial charge >= 0.3 is 0 Å². The van der Waals surface area contributed by atoms with E-state index in [0.717, 1.165) is 0 Å². The maximum atomic E-state index is 11.2. The van der Waals surface area contributed by atoms with Crippen molar-refractivity contribution in [3.63, 3.8) is 0 Å². The smallest absolute Gasteiger partial charge is 0.173 e. The number of hydrogen-bond acceptors (Lipinski definition) is 5. The highest BCUT2D eigenvalue weighted by molar-refractivity contribution is 7.94. The summed E-state index contributed by atoms with van der Waals surface area (Å²) in [6, 6.07) is 4.71. The van der Waals surface area contributed by atoms with Gasteiger partial charge < -0.3 is 9.84 Å². The van der Waals surface area contributed by atoms with Crippen LogP contribution < -0.4 is 4.74 Å². The molecule has 0 radical (unpaired) electrons. The van der Waals surface area contributed by atoms with Gasteiger partial charge in [-0.2, -0.15) is 0 Å². The van der Waals surface area contributed by atoms with Crippen LogP contribution in [-0.2, 0) is 9.84 Å². The molecule has 6 heteroatoms. The summed E-state index contributed by atoms with van der Waals surface area (Å²) in [6.45, 7) is 2.28. The third-order valence-electron chi connectivity index (χ3n) is 2.65. The number of benzene rings is 1. The number of para-hydroxylation sites is 1. The van der Waals surface area contributed by atoms with Gasteiger partial charge in [-0.25, -0.2) is 8.42 Å². The monoisotopic (exact) mass is 281 g/mol. The van der Waals surface area contributed by atoms with Crippen molar-refractivity contribution in [2.75, 3.05) is 12.4 Å². The Bertz CT molecular complexity index is 620. The van der Waals surface area contributed by atoms with E-state index in [0.29, 0.717) is 17.9 Å². The molecule has 1 aromatic rings. The van der Waals surface area contributed by atoms with Crippen LogP contribution in [0.3, 0.4) is 0 Å². The molecule has 102 valence electrons. The molecule has 19 heavy (non-hydrogen) atoms. The molecule has 1 N–H and O–H groups in total. The lowest BCUT2D eigenvalue weighted by molar-refractivity contribution is 0.318. The Hall–Kier alpha value is -1.82. The molecular formula is C13H15NO4S. The molecule has 0 saturated heterocycles. The quantitative estimate of drug-likeness (QED) is 0.849. The minimum Gasteiger partial charge on any atom is -0.504 e. The molecule has 1 aromatic carbocycles. The first-order valence-electron chi connectivity index (χ1n) is 5.91. The summed E-state index contributed by atoms with van der Waals surface area (Å²) < 4.78 is 27.7. The van der Waals surface area contributed by atoms with Crippen molar-refractivity contribution in [3.05, 3.63) is 35.2 Å². The van der Waals surface area contributed by atoms with Gasteiger partial charge in [0, 0.05) is 17.2 Å². The minimum atomic E-state index is -3.11. The van der Waals surface area contributed by atoms with Crippen molar-refractivity contribution < 1.29 is 18.3 Å². The first-order valence-corrected chi connectivity index (χ1v) is 7.62. The van der Waals surface area contributed by atoms with Crippen molar-refractivity contribution in [3.8, 4) is 11.5 Å². The summed E-state index contributed by atoms with van der Waals surface area (Å²) in [5.74, 6) is 0.383. The third-order valence-corrected chi connectivity index (χ3v) is 4.02. The first kappa shape index (κ1) is 13.6. The second-order valence-corrected chi connectivity index (χ2v) is 6.06. The van der Waals surface area contributed by atoms with Crippen molar-refractivity contribution in [2.24, 2.45) is 4.99 Å². The van der Waals surface area contributed by atoms with E-state index in [4.69, 9.17) is 4.74 Å². The van der Waals surface area contributed by atoms with E-state index in [9.17, 15) is 13.5 Å². The second kappa shape index (κ2) is 5.44. The van der Waals surface area contributed by atoms with Crippen LogP contribution in [0.4, 0.5) is 0 Å². The molecule has 0 saturated carbocycles. The largest absolute Gasteiger partial charge is 0.504 e. The van der Waals surface area contributed by atoms with Crippen molar-refractivity contribution >= 4 is 16.1 Å². The first-order chi connectivity index (χ1) is 9.02. The molecule has 0 amide bonds. The van der Waals surface area contributed by atoms with Crippen LogP contribution in [0, 0.1) is 0 Å². The number of aliphatic imine (C=N–C) groups is 1. The molecular weight excluding hydrogens is 266 g/mol. The van der Waals surface area contributed by atoms with E-state index in [2.05, 4.69) is 4.99 Å². The van der Waals surface area contributed by atoms with Gasteiger partial charge in [-0.3, -0.25) is 4.99 Å². The highest BCUT2D eigenvalue weighted by Gasteiger charge is 2.20. The second-order valence-electron chi connectivity index (χ2n) is 4.13. The lowest BCUT2D eigenvalue weighted by Gasteiger charge is -2.07. The van der Waals surface area contributed by atoms with Gasteiger partial charge in [0.1, 0.15) is 0 Å². The standard InChI is InChI=1S/C13H15NO4S/c1-2-18-12-5-3-4-10(13(12)15)8-14-11-6-7-19(16,17)9-11/h3-8,11,15H,2,9H2,1H3/t11-/m1/s1. The number of rotatable bonds is 4. The van der Waals surface area contributed by atoms with E-state index < -0.39 is 9.84 Å². The number of aromatic hydroxyl groups is 1. The van der Waals surface area contributed by atoms with Crippen molar-refractivity contribution in [2.45, 2.75) is 13.0 Å². The van der Waals surface area contributed by atoms with Gasteiger partial charge in [-0.05, 0) is 25.1 Å². The number of ether oxygens (including phenoxy) is 1. The molecule has 5 nitrogen and oxygen atoms in total. The summed E-state index contributed by atoms with van der Waals surface area (Å²) >= 11 is 0. The predicted octanol–water partition coefficient (Wildman–Crippen LogP) is 1.52. The number of sulfone groups is 1. The Kier molecular flexibility index (Phi) is 3.90. The normalized spacial score (nSPS) is 21.0. The number of nitrogens with zero attached hydrogens (tertiary/aromatic N) is 1. The van der Waals surface area contributed by atoms with Gasteiger partial charge in [0.15, 0.2) is 21.3 Å². The lowest BCUT2D eigenvalue weighted by Crippen LogP contribution is -2.08. The van der Waals surface area contributed by atoms with Gasteiger partial charge in [0.25, 0.3) is 0 Å². The highest BCUT2D eigenvalue weighted by atomic mass is 32.2. The molecule has 1 heterocycles. The molecule has 0 aromatic heterocycles.